The van der Waals surface area contributed by atoms with Crippen molar-refractivity contribution in [2.24, 2.45) is 5.92 Å². The molecule has 0 spiro atoms. The number of fused-ring (bicyclic) bond motifs is 1. The lowest BCUT2D eigenvalue weighted by Crippen LogP contribution is -2.50. The maximum Gasteiger partial charge on any atom is 0.263 e. The molecule has 5 heterocycles. The van der Waals surface area contributed by atoms with Crippen LogP contribution in [0.5, 0.6) is 0 Å². The van der Waals surface area contributed by atoms with Crippen molar-refractivity contribution in [3.8, 4) is 0 Å². The average Bonchev–Trinajstić information content (AvgIpc) is 3.55. The number of alkyl halides is 1. The third kappa shape index (κ3) is 6.37. The van der Waals surface area contributed by atoms with Crippen LogP contribution in [-0.4, -0.2) is 92.2 Å². The van der Waals surface area contributed by atoms with Crippen molar-refractivity contribution in [3.05, 3.63) is 46.0 Å². The van der Waals surface area contributed by atoms with Gasteiger partial charge in [-0.3, -0.25) is 23.9 Å². The monoisotopic (exact) mass is 664 g/mol. The van der Waals surface area contributed by atoms with Crippen molar-refractivity contribution in [1.82, 2.24) is 29.3 Å². The van der Waals surface area contributed by atoms with Crippen molar-refractivity contribution in [1.29, 1.82) is 0 Å². The van der Waals surface area contributed by atoms with Crippen LogP contribution in [0.25, 0.3) is 11.0 Å². The van der Waals surface area contributed by atoms with Gasteiger partial charge in [-0.2, -0.15) is 4.98 Å². The molecule has 1 aliphatic carbocycles. The third-order valence-corrected chi connectivity index (χ3v) is 10.4. The first-order chi connectivity index (χ1) is 21.3. The Morgan fingerprint density at radius 3 is 2.43 bits per heavy atom. The van der Waals surface area contributed by atoms with Crippen LogP contribution in [0.4, 0.5) is 17.5 Å². The van der Waals surface area contributed by atoms with Crippen LogP contribution in [0.1, 0.15) is 67.4 Å². The van der Waals surface area contributed by atoms with Crippen molar-refractivity contribution >= 4 is 56.1 Å². The molecule has 3 aliphatic rings. The number of hydrogen-bond acceptors (Lipinski definition) is 9. The molecule has 0 bridgehead atoms. The number of nitrogens with one attached hydrogen (secondary N) is 1. The SMILES string of the molecule is CC(=O)c1c(C)c2cnc(Nc3ccc(N4CCN(CCN5CCC(CBr)CC5=O)CC4)cn3)nc2n(C2CCCC2)c1=O. The Kier molecular flexibility index (Phi) is 9.27. The highest BCUT2D eigenvalue weighted by molar-refractivity contribution is 9.09. The van der Waals surface area contributed by atoms with E-state index in [4.69, 9.17) is 4.98 Å². The van der Waals surface area contributed by atoms with E-state index in [1.54, 1.807) is 17.7 Å². The lowest BCUT2D eigenvalue weighted by atomic mass is 9.98. The predicted octanol–water partition coefficient (Wildman–Crippen LogP) is 4.31. The highest BCUT2D eigenvalue weighted by Crippen LogP contribution is 2.32. The molecule has 1 unspecified atom stereocenters. The molecule has 6 rings (SSSR count). The number of Topliss-reactive ketones (excluding diaryl/α,β-unsaturated/α-hetero) is 1. The van der Waals surface area contributed by atoms with E-state index >= 15 is 0 Å². The first kappa shape index (κ1) is 30.6. The van der Waals surface area contributed by atoms with Crippen molar-refractivity contribution < 1.29 is 9.59 Å². The number of aromatic nitrogens is 4. The number of rotatable bonds is 9. The van der Waals surface area contributed by atoms with Crippen molar-refractivity contribution in [2.75, 3.05) is 61.4 Å². The molecule has 1 amide bonds. The number of hydrogen-bond donors (Lipinski definition) is 1. The topological polar surface area (TPSA) is 117 Å². The van der Waals surface area contributed by atoms with Gasteiger partial charge in [0.25, 0.3) is 5.56 Å². The van der Waals surface area contributed by atoms with E-state index in [0.29, 0.717) is 35.3 Å². The Labute approximate surface area is 266 Å². The lowest BCUT2D eigenvalue weighted by Gasteiger charge is -2.38. The van der Waals surface area contributed by atoms with Gasteiger partial charge in [0.05, 0.1) is 17.4 Å². The third-order valence-electron chi connectivity index (χ3n) is 9.50. The first-order valence-corrected chi connectivity index (χ1v) is 16.9. The minimum Gasteiger partial charge on any atom is -0.368 e. The smallest absolute Gasteiger partial charge is 0.263 e. The largest absolute Gasteiger partial charge is 0.368 e. The van der Waals surface area contributed by atoms with Gasteiger partial charge in [-0.15, -0.1) is 0 Å². The molecule has 0 aromatic carbocycles. The molecule has 2 aliphatic heterocycles. The van der Waals surface area contributed by atoms with Gasteiger partial charge in [0.15, 0.2) is 5.78 Å². The summed E-state index contributed by atoms with van der Waals surface area (Å²) < 4.78 is 1.72. The number of carbonyl (C=O) groups is 2. The number of likely N-dealkylation sites (tertiary alicyclic amines) is 1. The molecule has 12 heteroatoms. The quantitative estimate of drug-likeness (QED) is 0.264. The number of ketones is 1. The number of nitrogens with zero attached hydrogens (tertiary/aromatic N) is 7. The molecule has 1 saturated carbocycles. The lowest BCUT2D eigenvalue weighted by molar-refractivity contribution is -0.134. The van der Waals surface area contributed by atoms with Gasteiger partial charge in [-0.25, -0.2) is 9.97 Å². The standard InChI is InChI=1S/C32H41BrN8O3/c1-21-26-20-35-32(37-30(26)41(24-5-3-4-6-24)31(44)29(21)22(2)42)36-27-8-7-25(19-34-27)39-14-11-38(12-15-39)13-16-40-10-9-23(18-33)17-28(40)43/h7-8,19-20,23-24H,3-6,9-18H2,1-2H3,(H,34,35,36,37). The molecule has 3 fully saturated rings. The number of pyridine rings is 2. The second-order valence-corrected chi connectivity index (χ2v) is 13.0. The molecule has 0 radical (unpaired) electrons. The maximum absolute atomic E-state index is 13.5. The molecule has 2 saturated heterocycles. The Bertz CT molecular complexity index is 1580. The second-order valence-electron chi connectivity index (χ2n) is 12.3. The van der Waals surface area contributed by atoms with Crippen molar-refractivity contribution in [2.45, 2.75) is 58.4 Å². The fourth-order valence-corrected chi connectivity index (χ4v) is 7.42. The summed E-state index contributed by atoms with van der Waals surface area (Å²) in [6.07, 6.45) is 9.22. The van der Waals surface area contributed by atoms with Gasteiger partial charge in [-0.05, 0) is 56.7 Å². The van der Waals surface area contributed by atoms with Gasteiger partial charge < -0.3 is 15.1 Å². The molecular formula is C32H41BrN8O3. The molecule has 234 valence electrons. The Balaban J connectivity index is 1.09. The molecule has 44 heavy (non-hydrogen) atoms. The summed E-state index contributed by atoms with van der Waals surface area (Å²) in [4.78, 5) is 59.0. The van der Waals surface area contributed by atoms with Gasteiger partial charge in [0.2, 0.25) is 11.9 Å². The number of carbonyl (C=O) groups excluding carboxylic acids is 2. The summed E-state index contributed by atoms with van der Waals surface area (Å²) in [6.45, 7) is 9.54. The summed E-state index contributed by atoms with van der Waals surface area (Å²) in [5.41, 5.74) is 2.22. The summed E-state index contributed by atoms with van der Waals surface area (Å²) >= 11 is 3.52. The minimum absolute atomic E-state index is 0.0310. The fourth-order valence-electron chi connectivity index (χ4n) is 6.87. The average molecular weight is 666 g/mol. The van der Waals surface area contributed by atoms with Crippen LogP contribution in [-0.2, 0) is 4.79 Å². The highest BCUT2D eigenvalue weighted by atomic mass is 79.9. The number of piperazine rings is 1. The normalized spacial score (nSPS) is 20.1. The first-order valence-electron chi connectivity index (χ1n) is 15.8. The molecule has 1 atom stereocenters. The van der Waals surface area contributed by atoms with E-state index in [1.807, 2.05) is 17.2 Å². The van der Waals surface area contributed by atoms with Gasteiger partial charge >= 0.3 is 0 Å². The Hall–Kier alpha value is -3.38. The highest BCUT2D eigenvalue weighted by Gasteiger charge is 2.27. The summed E-state index contributed by atoms with van der Waals surface area (Å²) in [5, 5.41) is 4.84. The molecule has 1 N–H and O–H groups in total. The zero-order valence-electron chi connectivity index (χ0n) is 25.6. The zero-order chi connectivity index (χ0) is 30.8. The van der Waals surface area contributed by atoms with E-state index in [9.17, 15) is 14.4 Å². The molecule has 11 nitrogen and oxygen atoms in total. The van der Waals surface area contributed by atoms with Crippen LogP contribution < -0.4 is 15.8 Å². The van der Waals surface area contributed by atoms with E-state index in [-0.39, 0.29) is 28.9 Å². The number of piperidine rings is 1. The molecule has 3 aromatic rings. The van der Waals surface area contributed by atoms with Crippen LogP contribution in [0.2, 0.25) is 0 Å². The Morgan fingerprint density at radius 1 is 1.00 bits per heavy atom. The van der Waals surface area contributed by atoms with Crippen LogP contribution in [0.3, 0.4) is 0 Å². The van der Waals surface area contributed by atoms with Gasteiger partial charge in [0, 0.05) is 75.2 Å². The van der Waals surface area contributed by atoms with Gasteiger partial charge in [-0.1, -0.05) is 28.8 Å². The summed E-state index contributed by atoms with van der Waals surface area (Å²) in [7, 11) is 0. The number of anilines is 3. The van der Waals surface area contributed by atoms with Crippen molar-refractivity contribution in [3.63, 3.8) is 0 Å². The van der Waals surface area contributed by atoms with Crippen LogP contribution in [0.15, 0.2) is 29.3 Å². The van der Waals surface area contributed by atoms with E-state index in [1.165, 1.54) is 6.92 Å². The van der Waals surface area contributed by atoms with E-state index in [0.717, 1.165) is 94.3 Å². The number of amides is 1. The van der Waals surface area contributed by atoms with E-state index in [2.05, 4.69) is 47.1 Å². The Morgan fingerprint density at radius 2 is 1.77 bits per heavy atom. The zero-order valence-corrected chi connectivity index (χ0v) is 27.2. The summed E-state index contributed by atoms with van der Waals surface area (Å²) in [6, 6.07) is 4.01. The van der Waals surface area contributed by atoms with Gasteiger partial charge in [0.1, 0.15) is 11.5 Å². The van der Waals surface area contributed by atoms with Crippen LogP contribution >= 0.6 is 15.9 Å². The summed E-state index contributed by atoms with van der Waals surface area (Å²) in [5.74, 6) is 1.51. The van der Waals surface area contributed by atoms with Crippen LogP contribution in [0, 0.1) is 12.8 Å². The fraction of sp³-hybridized carbons (Fsp3) is 0.562. The number of aryl methyl sites for hydroxylation is 1. The maximum atomic E-state index is 13.5. The minimum atomic E-state index is -0.259. The molecule has 3 aromatic heterocycles. The predicted molar refractivity (Wildman–Crippen MR) is 175 cm³/mol. The van der Waals surface area contributed by atoms with E-state index < -0.39 is 0 Å². The number of halogens is 1. The molecular weight excluding hydrogens is 624 g/mol. The second kappa shape index (κ2) is 13.3.